The first kappa shape index (κ1) is 23.9. The van der Waals surface area contributed by atoms with Crippen LogP contribution in [0, 0.1) is 0 Å². The molecule has 2 N–H and O–H groups in total. The van der Waals surface area contributed by atoms with E-state index < -0.39 is 17.9 Å². The maximum atomic E-state index is 13.3. The fourth-order valence-corrected chi connectivity index (χ4v) is 4.36. The molecule has 5 nitrogen and oxygen atoms in total. The fourth-order valence-electron chi connectivity index (χ4n) is 2.88. The van der Waals surface area contributed by atoms with Crippen molar-refractivity contribution in [3.05, 3.63) is 75.1 Å². The van der Waals surface area contributed by atoms with Gasteiger partial charge in [0.15, 0.2) is 0 Å². The number of anilines is 1. The minimum absolute atomic E-state index is 0. The van der Waals surface area contributed by atoms with Crippen LogP contribution in [-0.2, 0) is 0 Å². The zero-order valence-electron chi connectivity index (χ0n) is 15.3. The average molecular weight is 466 g/mol. The van der Waals surface area contributed by atoms with Crippen molar-refractivity contribution in [2.45, 2.75) is 20.4 Å². The van der Waals surface area contributed by atoms with Gasteiger partial charge in [-0.15, -0.1) is 11.3 Å². The molecule has 2 aromatic carbocycles. The van der Waals surface area contributed by atoms with Gasteiger partial charge in [-0.3, -0.25) is 4.79 Å². The number of hydrogen-bond acceptors (Lipinski definition) is 4. The molecule has 3 rings (SSSR count). The van der Waals surface area contributed by atoms with Gasteiger partial charge >= 0.3 is 5.97 Å². The predicted molar refractivity (Wildman–Crippen MR) is 123 cm³/mol. The van der Waals surface area contributed by atoms with Gasteiger partial charge < -0.3 is 15.1 Å². The van der Waals surface area contributed by atoms with Crippen molar-refractivity contribution < 1.29 is 19.8 Å². The highest BCUT2D eigenvalue weighted by molar-refractivity contribution is 7.18. The van der Waals surface area contributed by atoms with Crippen LogP contribution in [0.2, 0.25) is 10.0 Å². The number of thiophene rings is 1. The number of aliphatic hydroxyl groups is 1. The lowest BCUT2D eigenvalue weighted by atomic mass is 10.1. The molecule has 0 spiro atoms. The molecule has 0 fully saturated rings. The normalized spacial score (nSPS) is 11.5. The van der Waals surface area contributed by atoms with Crippen LogP contribution in [-0.4, -0.2) is 34.7 Å². The summed E-state index contributed by atoms with van der Waals surface area (Å²) in [5, 5.41) is 20.0. The first-order valence-corrected chi connectivity index (χ1v) is 10.2. The summed E-state index contributed by atoms with van der Waals surface area (Å²) in [6, 6.07) is 14.7. The van der Waals surface area contributed by atoms with Gasteiger partial charge in [-0.05, 0) is 36.8 Å². The summed E-state index contributed by atoms with van der Waals surface area (Å²) in [5.41, 5.74) is 1.21. The van der Waals surface area contributed by atoms with E-state index in [2.05, 4.69) is 0 Å². The number of aromatic carboxylic acids is 1. The highest BCUT2D eigenvalue weighted by Gasteiger charge is 2.30. The molecule has 8 heteroatoms. The van der Waals surface area contributed by atoms with Crippen LogP contribution in [0.5, 0.6) is 0 Å². The van der Waals surface area contributed by atoms with E-state index >= 15 is 0 Å². The van der Waals surface area contributed by atoms with Crippen LogP contribution in [0.4, 0.5) is 5.69 Å². The van der Waals surface area contributed by atoms with Crippen molar-refractivity contribution in [1.82, 2.24) is 0 Å². The first-order valence-electron chi connectivity index (χ1n) is 8.65. The number of carboxylic acids is 1. The van der Waals surface area contributed by atoms with Gasteiger partial charge in [-0.2, -0.15) is 0 Å². The standard InChI is InChI=1S/C21H17Cl2NO4S.CH4/c1-12(11-25)24(20(26)15-8-7-14(22)9-16(15)23)17-10-18(29-19(17)21(27)28)13-5-3-2-4-6-13;/h2-10,12,25H,11H2,1H3,(H,27,28);1H4. The lowest BCUT2D eigenvalue weighted by molar-refractivity contribution is 0.0702. The van der Waals surface area contributed by atoms with E-state index in [-0.39, 0.29) is 35.2 Å². The molecular weight excluding hydrogens is 445 g/mol. The Kier molecular flexibility index (Phi) is 8.03. The van der Waals surface area contributed by atoms with Gasteiger partial charge in [0.2, 0.25) is 0 Å². The third-order valence-corrected chi connectivity index (χ3v) is 6.02. The number of amides is 1. The molecule has 1 unspecified atom stereocenters. The average Bonchev–Trinajstić information content (AvgIpc) is 3.13. The molecule has 1 heterocycles. The lowest BCUT2D eigenvalue weighted by Crippen LogP contribution is -2.41. The molecular formula is C22H21Cl2NO4S. The summed E-state index contributed by atoms with van der Waals surface area (Å²) in [6.07, 6.45) is 0. The molecule has 0 aliphatic carbocycles. The van der Waals surface area contributed by atoms with Gasteiger partial charge in [-0.25, -0.2) is 4.79 Å². The molecule has 0 bridgehead atoms. The number of rotatable bonds is 6. The van der Waals surface area contributed by atoms with E-state index in [1.165, 1.54) is 23.1 Å². The smallest absolute Gasteiger partial charge is 0.348 e. The quantitative estimate of drug-likeness (QED) is 0.461. The number of carbonyl (C=O) groups excluding carboxylic acids is 1. The molecule has 30 heavy (non-hydrogen) atoms. The molecule has 0 aliphatic rings. The van der Waals surface area contributed by atoms with Crippen molar-refractivity contribution in [3.8, 4) is 10.4 Å². The fraction of sp³-hybridized carbons (Fsp3) is 0.182. The van der Waals surface area contributed by atoms with Crippen LogP contribution in [0.15, 0.2) is 54.6 Å². The molecule has 0 radical (unpaired) electrons. The first-order chi connectivity index (χ1) is 13.8. The zero-order valence-corrected chi connectivity index (χ0v) is 17.6. The molecule has 3 aromatic rings. The number of aliphatic hydroxyl groups excluding tert-OH is 1. The van der Waals surface area contributed by atoms with Crippen LogP contribution in [0.1, 0.15) is 34.4 Å². The van der Waals surface area contributed by atoms with Crippen molar-refractivity contribution in [1.29, 1.82) is 0 Å². The number of carboxylic acid groups (broad SMARTS) is 1. The van der Waals surface area contributed by atoms with Crippen molar-refractivity contribution in [2.24, 2.45) is 0 Å². The van der Waals surface area contributed by atoms with Gasteiger partial charge in [-0.1, -0.05) is 61.0 Å². The molecule has 1 amide bonds. The Hall–Kier alpha value is -2.38. The van der Waals surface area contributed by atoms with Gasteiger partial charge in [0.1, 0.15) is 4.88 Å². The molecule has 0 saturated carbocycles. The van der Waals surface area contributed by atoms with E-state index in [4.69, 9.17) is 23.2 Å². The molecule has 1 atom stereocenters. The molecule has 0 aliphatic heterocycles. The Morgan fingerprint density at radius 2 is 1.77 bits per heavy atom. The SMILES string of the molecule is C.CC(CO)N(C(=O)c1ccc(Cl)cc1Cl)c1cc(-c2ccccc2)sc1C(=O)O. The van der Waals surface area contributed by atoms with E-state index in [1.54, 1.807) is 13.0 Å². The third kappa shape index (κ3) is 4.84. The summed E-state index contributed by atoms with van der Waals surface area (Å²) in [7, 11) is 0. The second-order valence-electron chi connectivity index (χ2n) is 6.33. The van der Waals surface area contributed by atoms with Crippen molar-refractivity contribution >= 4 is 52.1 Å². The second kappa shape index (κ2) is 10.1. The topological polar surface area (TPSA) is 77.8 Å². The van der Waals surface area contributed by atoms with Crippen LogP contribution in [0.3, 0.4) is 0 Å². The Balaban J connectivity index is 0.00000320. The van der Waals surface area contributed by atoms with E-state index in [0.29, 0.717) is 9.90 Å². The van der Waals surface area contributed by atoms with Gasteiger partial charge in [0.05, 0.1) is 28.9 Å². The zero-order chi connectivity index (χ0) is 21.1. The number of nitrogens with zero attached hydrogens (tertiary/aromatic N) is 1. The summed E-state index contributed by atoms with van der Waals surface area (Å²) in [4.78, 5) is 27.2. The Morgan fingerprint density at radius 3 is 2.33 bits per heavy atom. The van der Waals surface area contributed by atoms with E-state index in [0.717, 1.165) is 16.9 Å². The van der Waals surface area contributed by atoms with Gasteiger partial charge in [0, 0.05) is 9.90 Å². The number of hydrogen-bond donors (Lipinski definition) is 2. The van der Waals surface area contributed by atoms with Crippen LogP contribution < -0.4 is 4.90 Å². The summed E-state index contributed by atoms with van der Waals surface area (Å²) in [6.45, 7) is 1.28. The largest absolute Gasteiger partial charge is 0.477 e. The minimum Gasteiger partial charge on any atom is -0.477 e. The highest BCUT2D eigenvalue weighted by atomic mass is 35.5. The summed E-state index contributed by atoms with van der Waals surface area (Å²) >= 11 is 13.2. The number of benzene rings is 2. The minimum atomic E-state index is -1.16. The molecule has 0 saturated heterocycles. The predicted octanol–water partition coefficient (Wildman–Crippen LogP) is 6.08. The number of carbonyl (C=O) groups is 2. The van der Waals surface area contributed by atoms with Crippen LogP contribution in [0.25, 0.3) is 10.4 Å². The Labute approximate surface area is 189 Å². The van der Waals surface area contributed by atoms with Gasteiger partial charge in [0.25, 0.3) is 5.91 Å². The maximum absolute atomic E-state index is 13.3. The molecule has 1 aromatic heterocycles. The Morgan fingerprint density at radius 1 is 1.10 bits per heavy atom. The monoisotopic (exact) mass is 465 g/mol. The van der Waals surface area contributed by atoms with Crippen LogP contribution >= 0.6 is 34.5 Å². The number of halogens is 2. The second-order valence-corrected chi connectivity index (χ2v) is 8.22. The highest BCUT2D eigenvalue weighted by Crippen LogP contribution is 2.38. The van der Waals surface area contributed by atoms with Crippen molar-refractivity contribution in [2.75, 3.05) is 11.5 Å². The lowest BCUT2D eigenvalue weighted by Gasteiger charge is -2.28. The van der Waals surface area contributed by atoms with E-state index in [1.807, 2.05) is 30.3 Å². The van der Waals surface area contributed by atoms with Crippen molar-refractivity contribution in [3.63, 3.8) is 0 Å². The summed E-state index contributed by atoms with van der Waals surface area (Å²) in [5.74, 6) is -1.68. The van der Waals surface area contributed by atoms with E-state index in [9.17, 15) is 19.8 Å². The maximum Gasteiger partial charge on any atom is 0.348 e. The third-order valence-electron chi connectivity index (χ3n) is 4.31. The summed E-state index contributed by atoms with van der Waals surface area (Å²) < 4.78 is 0. The Bertz CT molecular complexity index is 1050. The molecule has 158 valence electrons.